The average Bonchev–Trinajstić information content (AvgIpc) is 4.38. The molecule has 2 aromatic heterocycles. The van der Waals surface area contributed by atoms with Gasteiger partial charge in [0.2, 0.25) is 11.9 Å². The number of rotatable bonds is 14. The van der Waals surface area contributed by atoms with Gasteiger partial charge >= 0.3 is 0 Å². The van der Waals surface area contributed by atoms with Crippen molar-refractivity contribution in [2.75, 3.05) is 126 Å². The third-order valence-corrected chi connectivity index (χ3v) is 19.9. The summed E-state index contributed by atoms with van der Waals surface area (Å²) in [4.78, 5) is 35.8. The van der Waals surface area contributed by atoms with Crippen LogP contribution in [0.2, 0.25) is 0 Å². The molecule has 8 fully saturated rings. The molecule has 14 nitrogen and oxygen atoms in total. The highest BCUT2D eigenvalue weighted by Crippen LogP contribution is 2.48. The van der Waals surface area contributed by atoms with E-state index >= 15 is 0 Å². The van der Waals surface area contributed by atoms with Gasteiger partial charge in [-0.1, -0.05) is 49.4 Å². The van der Waals surface area contributed by atoms with Crippen LogP contribution in [0.15, 0.2) is 24.3 Å². The zero-order chi connectivity index (χ0) is 55.1. The van der Waals surface area contributed by atoms with Gasteiger partial charge in [0.05, 0.1) is 36.4 Å². The van der Waals surface area contributed by atoms with Crippen molar-refractivity contribution in [1.29, 1.82) is 0 Å². The van der Waals surface area contributed by atoms with Crippen molar-refractivity contribution in [3.05, 3.63) is 35.4 Å². The maximum Gasteiger partial charge on any atom is 0.227 e. The van der Waals surface area contributed by atoms with Crippen molar-refractivity contribution in [2.45, 2.75) is 180 Å². The lowest BCUT2D eigenvalue weighted by Gasteiger charge is -2.35. The summed E-state index contributed by atoms with van der Waals surface area (Å²) >= 11 is 0. The minimum absolute atomic E-state index is 0.414. The fourth-order valence-corrected chi connectivity index (χ4v) is 14.9. The minimum Gasteiger partial charge on any atom is -0.495 e. The Morgan fingerprint density at radius 3 is 1.25 bits per heavy atom. The Balaban J connectivity index is 0.000000169. The van der Waals surface area contributed by atoms with Gasteiger partial charge in [-0.25, -0.2) is 9.97 Å². The first-order chi connectivity index (χ1) is 39.0. The van der Waals surface area contributed by atoms with Crippen LogP contribution in [0.1, 0.15) is 167 Å². The highest BCUT2D eigenvalue weighted by atomic mass is 16.5. The van der Waals surface area contributed by atoms with Crippen LogP contribution in [0.3, 0.4) is 0 Å². The molecule has 12 rings (SSSR count). The normalized spacial score (nSPS) is 21.9. The minimum atomic E-state index is 0.414. The fraction of sp³-hybridized carbons (Fsp3) is 0.697. The van der Waals surface area contributed by atoms with Gasteiger partial charge in [-0.15, -0.1) is 0 Å². The number of anilines is 4. The predicted octanol–water partition coefficient (Wildman–Crippen LogP) is 11.1. The number of aromatic nitrogens is 4. The molecule has 6 aliphatic heterocycles. The largest absolute Gasteiger partial charge is 0.495 e. The van der Waals surface area contributed by atoms with Crippen LogP contribution in [0.5, 0.6) is 11.5 Å². The van der Waals surface area contributed by atoms with Crippen LogP contribution in [-0.4, -0.2) is 170 Å². The van der Waals surface area contributed by atoms with Gasteiger partial charge in [0.1, 0.15) is 23.1 Å². The number of nitrogens with one attached hydrogen (secondary N) is 2. The highest BCUT2D eigenvalue weighted by molar-refractivity contribution is 5.94. The van der Waals surface area contributed by atoms with Crippen LogP contribution in [0.25, 0.3) is 21.8 Å². The molecule has 0 amide bonds. The van der Waals surface area contributed by atoms with Gasteiger partial charge in [-0.05, 0) is 179 Å². The van der Waals surface area contributed by atoms with Crippen molar-refractivity contribution >= 4 is 45.3 Å². The van der Waals surface area contributed by atoms with Crippen LogP contribution in [0.4, 0.5) is 23.5 Å². The summed E-state index contributed by atoms with van der Waals surface area (Å²) in [5, 5.41) is 9.79. The van der Waals surface area contributed by atoms with E-state index in [0.29, 0.717) is 35.0 Å². The van der Waals surface area contributed by atoms with Crippen molar-refractivity contribution in [1.82, 2.24) is 39.5 Å². The van der Waals surface area contributed by atoms with Gasteiger partial charge < -0.3 is 49.5 Å². The zero-order valence-electron chi connectivity index (χ0n) is 49.9. The first-order valence-corrected chi connectivity index (χ1v) is 31.8. The maximum atomic E-state index is 5.85. The number of methoxy groups -OCH3 is 2. The summed E-state index contributed by atoms with van der Waals surface area (Å²) in [6.45, 7) is 24.9. The Hall–Kier alpha value is -5.12. The van der Waals surface area contributed by atoms with Gasteiger partial charge in [0.25, 0.3) is 0 Å². The number of hydrogen-bond donors (Lipinski definition) is 2. The zero-order valence-corrected chi connectivity index (χ0v) is 49.9. The number of likely N-dealkylation sites (tertiary alicyclic amines) is 4. The Labute approximate surface area is 480 Å². The van der Waals surface area contributed by atoms with E-state index < -0.39 is 0 Å². The molecule has 0 bridgehead atoms. The molecule has 4 aromatic rings. The van der Waals surface area contributed by atoms with Gasteiger partial charge in [0.15, 0.2) is 0 Å². The number of fused-ring (bicyclic) bond motifs is 2. The molecule has 2 aliphatic carbocycles. The Morgan fingerprint density at radius 1 is 0.500 bits per heavy atom. The summed E-state index contributed by atoms with van der Waals surface area (Å²) in [7, 11) is 3.48. The van der Waals surface area contributed by atoms with Crippen molar-refractivity contribution < 1.29 is 9.47 Å². The fourth-order valence-electron chi connectivity index (χ4n) is 14.9. The molecule has 14 heteroatoms. The summed E-state index contributed by atoms with van der Waals surface area (Å²) < 4.78 is 11.7. The highest BCUT2D eigenvalue weighted by Gasteiger charge is 2.42. The predicted molar refractivity (Wildman–Crippen MR) is 329 cm³/mol. The lowest BCUT2D eigenvalue weighted by Crippen LogP contribution is -2.42. The van der Waals surface area contributed by atoms with E-state index in [1.165, 1.54) is 116 Å². The standard InChI is InChI=1S/2C33H48N6O/c2*1-25(2)38-19-11-27(12-20-38)34-31-28-23-30(40-3)26(10-4-7-16-37-17-8-9-18-37)22-29(28)35-32(36-31)39-21-15-33(24-39)13-5-6-14-33/h2*22-23,25,27H,5-9,11-21,24H2,1-3H3,(H,34,35,36). The molecule has 80 heavy (non-hydrogen) atoms. The number of piperidine rings is 2. The van der Waals surface area contributed by atoms with E-state index in [1.807, 2.05) is 0 Å². The van der Waals surface area contributed by atoms with E-state index in [1.54, 1.807) is 14.2 Å². The van der Waals surface area contributed by atoms with E-state index in [2.05, 4.69) is 116 Å². The summed E-state index contributed by atoms with van der Waals surface area (Å²) in [6, 6.07) is 10.5. The third kappa shape index (κ3) is 13.5. The van der Waals surface area contributed by atoms with E-state index in [0.717, 1.165) is 172 Å². The second kappa shape index (κ2) is 26.0. The molecule has 2 spiro atoms. The smallest absolute Gasteiger partial charge is 0.227 e. The quantitative estimate of drug-likeness (QED) is 0.117. The molecule has 2 saturated carbocycles. The summed E-state index contributed by atoms with van der Waals surface area (Å²) in [5.41, 5.74) is 4.72. The lowest BCUT2D eigenvalue weighted by atomic mass is 9.86. The average molecular weight is 1090 g/mol. The first kappa shape index (κ1) is 56.7. The summed E-state index contributed by atoms with van der Waals surface area (Å²) in [6.07, 6.45) is 25.0. The number of ether oxygens (including phenoxy) is 2. The van der Waals surface area contributed by atoms with Gasteiger partial charge in [-0.2, -0.15) is 9.97 Å². The molecule has 0 unspecified atom stereocenters. The molecule has 6 saturated heterocycles. The lowest BCUT2D eigenvalue weighted by molar-refractivity contribution is 0.177. The van der Waals surface area contributed by atoms with Crippen LogP contribution < -0.4 is 29.9 Å². The number of nitrogens with zero attached hydrogens (tertiary/aromatic N) is 10. The van der Waals surface area contributed by atoms with Crippen molar-refractivity contribution in [2.24, 2.45) is 10.8 Å². The number of benzene rings is 2. The second-order valence-corrected chi connectivity index (χ2v) is 25.9. The van der Waals surface area contributed by atoms with Crippen molar-refractivity contribution in [3.63, 3.8) is 0 Å². The van der Waals surface area contributed by atoms with E-state index in [4.69, 9.17) is 29.4 Å². The Bertz CT molecular complexity index is 2650. The molecular formula is C66H96N12O2. The second-order valence-electron chi connectivity index (χ2n) is 25.9. The Morgan fingerprint density at radius 2 is 0.887 bits per heavy atom. The van der Waals surface area contributed by atoms with Crippen LogP contribution >= 0.6 is 0 Å². The monoisotopic (exact) mass is 1090 g/mol. The molecular weight excluding hydrogens is 993 g/mol. The molecule has 2 N–H and O–H groups in total. The van der Waals surface area contributed by atoms with Crippen LogP contribution in [0, 0.1) is 34.5 Å². The molecule has 8 heterocycles. The maximum absolute atomic E-state index is 5.85. The van der Waals surface area contributed by atoms with Crippen LogP contribution in [-0.2, 0) is 0 Å². The molecule has 2 aromatic carbocycles. The van der Waals surface area contributed by atoms with E-state index in [9.17, 15) is 0 Å². The molecule has 0 radical (unpaired) electrons. The Kier molecular flexibility index (Phi) is 18.4. The third-order valence-electron chi connectivity index (χ3n) is 19.9. The SMILES string of the molecule is COc1cc2c(NC3CCN(C(C)C)CC3)nc(N3CCC4(CCCC4)C3)nc2cc1C#CCCN1CCCC1.COc1cc2c(NC3CCN(C(C)C)CC3)nc(N3CCC4(CCCC4)C3)nc2cc1C#CCCN1CCCC1. The summed E-state index contributed by atoms with van der Waals surface area (Å²) in [5.74, 6) is 18.9. The number of hydrogen-bond acceptors (Lipinski definition) is 14. The molecule has 0 atom stereocenters. The van der Waals surface area contributed by atoms with Crippen molar-refractivity contribution in [3.8, 4) is 35.2 Å². The first-order valence-electron chi connectivity index (χ1n) is 31.8. The molecule has 432 valence electrons. The topological polar surface area (TPSA) is 114 Å². The molecule has 8 aliphatic rings. The van der Waals surface area contributed by atoms with Gasteiger partial charge in [0, 0.05) is 113 Å². The van der Waals surface area contributed by atoms with Gasteiger partial charge in [-0.3, -0.25) is 0 Å². The van der Waals surface area contributed by atoms with E-state index in [-0.39, 0.29) is 0 Å².